The molecule has 1 amide bonds. The number of benzene rings is 1. The highest BCUT2D eigenvalue weighted by Gasteiger charge is 2.28. The zero-order valence-corrected chi connectivity index (χ0v) is 13.6. The highest BCUT2D eigenvalue weighted by molar-refractivity contribution is 5.96. The first-order valence-electron chi connectivity index (χ1n) is 8.62. The maximum Gasteiger partial charge on any atom is 0.290 e. The number of rotatable bonds is 4. The first-order valence-corrected chi connectivity index (χ1v) is 8.62. The second-order valence-corrected chi connectivity index (χ2v) is 6.50. The monoisotopic (exact) mass is 323 g/mol. The van der Waals surface area contributed by atoms with Crippen LogP contribution in [-0.4, -0.2) is 16.8 Å². The molecule has 0 atom stereocenters. The molecular weight excluding hydrogens is 302 g/mol. The molecule has 2 aromatic heterocycles. The van der Waals surface area contributed by atoms with Gasteiger partial charge in [-0.2, -0.15) is 0 Å². The van der Waals surface area contributed by atoms with Crippen molar-refractivity contribution < 1.29 is 13.6 Å². The van der Waals surface area contributed by atoms with Crippen LogP contribution in [0.2, 0.25) is 0 Å². The van der Waals surface area contributed by atoms with Crippen LogP contribution in [0.4, 0.5) is 0 Å². The van der Waals surface area contributed by atoms with Gasteiger partial charge in [0.05, 0.1) is 12.5 Å². The molecule has 0 aliphatic heterocycles. The number of hydrogen-bond donors (Lipinski definition) is 0. The number of nitrogens with zero attached hydrogens (tertiary/aromatic N) is 1. The van der Waals surface area contributed by atoms with Gasteiger partial charge in [-0.1, -0.05) is 37.5 Å². The van der Waals surface area contributed by atoms with Crippen molar-refractivity contribution in [3.05, 3.63) is 60.2 Å². The molecule has 4 rings (SSSR count). The molecule has 1 aliphatic carbocycles. The van der Waals surface area contributed by atoms with E-state index in [0.29, 0.717) is 12.3 Å². The van der Waals surface area contributed by atoms with Crippen LogP contribution in [0.5, 0.6) is 0 Å². The van der Waals surface area contributed by atoms with Crippen molar-refractivity contribution in [2.45, 2.75) is 44.7 Å². The van der Waals surface area contributed by atoms with Gasteiger partial charge in [0.1, 0.15) is 5.58 Å². The number of hydrogen-bond acceptors (Lipinski definition) is 3. The van der Waals surface area contributed by atoms with E-state index in [4.69, 9.17) is 8.83 Å². The number of amides is 1. The Morgan fingerprint density at radius 1 is 1.12 bits per heavy atom. The van der Waals surface area contributed by atoms with Gasteiger partial charge in [-0.15, -0.1) is 0 Å². The van der Waals surface area contributed by atoms with E-state index in [1.54, 1.807) is 12.5 Å². The molecule has 0 bridgehead atoms. The summed E-state index contributed by atoms with van der Waals surface area (Å²) in [5.41, 5.74) is 1.78. The van der Waals surface area contributed by atoms with Gasteiger partial charge in [0, 0.05) is 23.5 Å². The predicted molar refractivity (Wildman–Crippen MR) is 91.7 cm³/mol. The lowest BCUT2D eigenvalue weighted by molar-refractivity contribution is 0.0583. The smallest absolute Gasteiger partial charge is 0.290 e. The summed E-state index contributed by atoms with van der Waals surface area (Å²) < 4.78 is 11.0. The van der Waals surface area contributed by atoms with Crippen LogP contribution in [0.15, 0.2) is 57.8 Å². The van der Waals surface area contributed by atoms with Crippen LogP contribution in [0.3, 0.4) is 0 Å². The lowest BCUT2D eigenvalue weighted by Crippen LogP contribution is -2.40. The van der Waals surface area contributed by atoms with Gasteiger partial charge in [-0.25, -0.2) is 0 Å². The van der Waals surface area contributed by atoms with E-state index < -0.39 is 0 Å². The predicted octanol–water partition coefficient (Wildman–Crippen LogP) is 5.00. The van der Waals surface area contributed by atoms with Crippen LogP contribution in [0, 0.1) is 0 Å². The van der Waals surface area contributed by atoms with Gasteiger partial charge in [0.2, 0.25) is 0 Å². The van der Waals surface area contributed by atoms with E-state index in [2.05, 4.69) is 0 Å². The maximum atomic E-state index is 13.1. The first kappa shape index (κ1) is 15.1. The molecule has 4 heteroatoms. The van der Waals surface area contributed by atoms with Gasteiger partial charge in [-0.3, -0.25) is 4.79 Å². The summed E-state index contributed by atoms with van der Waals surface area (Å²) in [6.07, 6.45) is 9.10. The molecule has 24 heavy (non-hydrogen) atoms. The van der Waals surface area contributed by atoms with E-state index in [9.17, 15) is 4.79 Å². The third kappa shape index (κ3) is 2.96. The largest absolute Gasteiger partial charge is 0.472 e. The Bertz CT molecular complexity index is 779. The lowest BCUT2D eigenvalue weighted by Gasteiger charge is -2.33. The maximum absolute atomic E-state index is 13.1. The molecule has 1 aromatic carbocycles. The average molecular weight is 323 g/mol. The normalized spacial score (nSPS) is 15.7. The lowest BCUT2D eigenvalue weighted by atomic mass is 9.93. The molecule has 124 valence electrons. The van der Waals surface area contributed by atoms with Crippen LogP contribution >= 0.6 is 0 Å². The van der Waals surface area contributed by atoms with Crippen molar-refractivity contribution >= 4 is 16.9 Å². The summed E-state index contributed by atoms with van der Waals surface area (Å²) in [5, 5.41) is 0.966. The van der Waals surface area contributed by atoms with Gasteiger partial charge in [-0.05, 0) is 31.0 Å². The molecule has 0 spiro atoms. The molecule has 0 unspecified atom stereocenters. The summed E-state index contributed by atoms with van der Waals surface area (Å²) in [7, 11) is 0. The molecule has 0 radical (unpaired) electrons. The van der Waals surface area contributed by atoms with Gasteiger partial charge < -0.3 is 13.7 Å². The Labute approximate surface area is 141 Å². The first-order chi connectivity index (χ1) is 11.8. The van der Waals surface area contributed by atoms with E-state index in [1.165, 1.54) is 19.3 Å². The molecule has 0 N–H and O–H groups in total. The van der Waals surface area contributed by atoms with Crippen molar-refractivity contribution in [2.24, 2.45) is 0 Å². The van der Waals surface area contributed by atoms with Crippen molar-refractivity contribution in [1.82, 2.24) is 4.90 Å². The fourth-order valence-electron chi connectivity index (χ4n) is 3.57. The highest BCUT2D eigenvalue weighted by Crippen LogP contribution is 2.27. The van der Waals surface area contributed by atoms with Crippen LogP contribution in [-0.2, 0) is 6.54 Å². The Hall–Kier alpha value is -2.49. The fraction of sp³-hybridized carbons (Fsp3) is 0.350. The topological polar surface area (TPSA) is 46.6 Å². The Morgan fingerprint density at radius 3 is 2.71 bits per heavy atom. The second-order valence-electron chi connectivity index (χ2n) is 6.50. The van der Waals surface area contributed by atoms with Crippen molar-refractivity contribution in [2.75, 3.05) is 0 Å². The number of para-hydroxylation sites is 1. The van der Waals surface area contributed by atoms with Crippen molar-refractivity contribution in [3.8, 4) is 0 Å². The van der Waals surface area contributed by atoms with Gasteiger partial charge in [0.15, 0.2) is 5.76 Å². The molecule has 1 aliphatic rings. The summed E-state index contributed by atoms with van der Waals surface area (Å²) in [6, 6.07) is 11.8. The van der Waals surface area contributed by atoms with E-state index in [-0.39, 0.29) is 11.9 Å². The second kappa shape index (κ2) is 6.56. The number of carbonyl (C=O) groups excluding carboxylic acids is 1. The summed E-state index contributed by atoms with van der Waals surface area (Å²) >= 11 is 0. The molecule has 2 heterocycles. The number of carbonyl (C=O) groups is 1. The molecule has 1 fully saturated rings. The summed E-state index contributed by atoms with van der Waals surface area (Å²) in [5.74, 6) is 0.393. The Morgan fingerprint density at radius 2 is 1.96 bits per heavy atom. The average Bonchev–Trinajstić information content (AvgIpc) is 3.29. The zero-order chi connectivity index (χ0) is 16.4. The minimum Gasteiger partial charge on any atom is -0.472 e. The summed E-state index contributed by atoms with van der Waals surface area (Å²) in [4.78, 5) is 15.1. The number of furan rings is 2. The number of fused-ring (bicyclic) bond motifs is 1. The highest BCUT2D eigenvalue weighted by atomic mass is 16.3. The third-order valence-corrected chi connectivity index (χ3v) is 4.85. The zero-order valence-electron chi connectivity index (χ0n) is 13.6. The molecular formula is C20H21NO3. The molecule has 4 nitrogen and oxygen atoms in total. The minimum absolute atomic E-state index is 0.0284. The van der Waals surface area contributed by atoms with E-state index >= 15 is 0 Å². The van der Waals surface area contributed by atoms with Crippen LogP contribution < -0.4 is 0 Å². The summed E-state index contributed by atoms with van der Waals surface area (Å²) in [6.45, 7) is 0.567. The van der Waals surface area contributed by atoms with Gasteiger partial charge in [0.25, 0.3) is 5.91 Å². The Kier molecular flexibility index (Phi) is 4.11. The minimum atomic E-state index is -0.0284. The Balaban J connectivity index is 1.64. The molecule has 1 saturated carbocycles. The van der Waals surface area contributed by atoms with Crippen LogP contribution in [0.1, 0.15) is 48.2 Å². The van der Waals surface area contributed by atoms with Crippen molar-refractivity contribution in [3.63, 3.8) is 0 Å². The molecule has 0 saturated heterocycles. The van der Waals surface area contributed by atoms with Crippen LogP contribution in [0.25, 0.3) is 11.0 Å². The quantitative estimate of drug-likeness (QED) is 0.678. The molecule has 3 aromatic rings. The SMILES string of the molecule is O=C(c1cc2ccccc2o1)N(Cc1ccoc1)C1CCCCC1. The third-order valence-electron chi connectivity index (χ3n) is 4.85. The van der Waals surface area contributed by atoms with Gasteiger partial charge >= 0.3 is 0 Å². The van der Waals surface area contributed by atoms with E-state index in [0.717, 1.165) is 29.4 Å². The standard InChI is InChI=1S/C20H21NO3/c22-20(19-12-16-6-4-5-9-18(16)24-19)21(13-15-10-11-23-14-15)17-7-2-1-3-8-17/h4-6,9-12,14,17H,1-3,7-8,13H2. The van der Waals surface area contributed by atoms with Crippen molar-refractivity contribution in [1.29, 1.82) is 0 Å². The van der Waals surface area contributed by atoms with E-state index in [1.807, 2.05) is 41.3 Å². The fourth-order valence-corrected chi connectivity index (χ4v) is 3.57.